The van der Waals surface area contributed by atoms with Crippen LogP contribution in [0.2, 0.25) is 0 Å². The Morgan fingerprint density at radius 3 is 2.23 bits per heavy atom. The van der Waals surface area contributed by atoms with Crippen molar-refractivity contribution in [3.63, 3.8) is 0 Å². The number of amides is 3. The van der Waals surface area contributed by atoms with Crippen molar-refractivity contribution in [1.82, 2.24) is 0 Å². The van der Waals surface area contributed by atoms with Gasteiger partial charge in [0.15, 0.2) is 6.61 Å². The summed E-state index contributed by atoms with van der Waals surface area (Å²) in [6.07, 6.45) is 0.694. The van der Waals surface area contributed by atoms with Gasteiger partial charge in [-0.1, -0.05) is 6.07 Å². The second-order valence-electron chi connectivity index (χ2n) is 8.92. The molecule has 35 heavy (non-hydrogen) atoms. The lowest BCUT2D eigenvalue weighted by atomic mass is 9.80. The number of rotatable bonds is 6. The molecule has 0 aromatic heterocycles. The van der Waals surface area contributed by atoms with Crippen molar-refractivity contribution in [3.8, 4) is 5.75 Å². The fourth-order valence-corrected chi connectivity index (χ4v) is 6.36. The number of halogens is 2. The summed E-state index contributed by atoms with van der Waals surface area (Å²) >= 11 is 12.8. The van der Waals surface area contributed by atoms with Gasteiger partial charge in [0, 0.05) is 11.8 Å². The van der Waals surface area contributed by atoms with E-state index in [0.29, 0.717) is 23.5 Å². The number of imide groups is 1. The number of fused-ring (bicyclic) bond motifs is 5. The molecule has 1 N–H and O–H groups in total. The van der Waals surface area contributed by atoms with E-state index in [1.807, 2.05) is 0 Å². The van der Waals surface area contributed by atoms with Gasteiger partial charge in [0.25, 0.3) is 5.91 Å². The van der Waals surface area contributed by atoms with E-state index in [4.69, 9.17) is 32.7 Å². The molecule has 1 heterocycles. The number of alkyl halides is 2. The molecule has 0 radical (unpaired) electrons. The number of hydrogen-bond donors (Lipinski definition) is 1. The third kappa shape index (κ3) is 4.04. The molecular weight excluding hydrogens is 495 g/mol. The van der Waals surface area contributed by atoms with Gasteiger partial charge in [-0.2, -0.15) is 0 Å². The van der Waals surface area contributed by atoms with Crippen molar-refractivity contribution < 1.29 is 28.7 Å². The van der Waals surface area contributed by atoms with E-state index < -0.39 is 30.3 Å². The quantitative estimate of drug-likeness (QED) is 0.358. The second-order valence-corrected chi connectivity index (χ2v) is 9.93. The van der Waals surface area contributed by atoms with Crippen molar-refractivity contribution in [2.45, 2.75) is 17.2 Å². The fraction of sp³-hybridized carbons (Fsp3) is 0.360. The average molecular weight is 517 g/mol. The SMILES string of the molecule is COc1cccc(NC(=O)COC(=O)c2ccc(N3C(=O)[C@@H]4[C@H]5C[C@@H]([C@H](Cl)[C@H]5Cl)[C@@H]4C3=O)cc2)c1. The molecule has 1 aliphatic heterocycles. The second kappa shape index (κ2) is 9.17. The maximum absolute atomic E-state index is 13.1. The van der Waals surface area contributed by atoms with Crippen LogP contribution in [0.4, 0.5) is 11.4 Å². The molecule has 3 amide bonds. The molecule has 2 aromatic rings. The van der Waals surface area contributed by atoms with Crippen LogP contribution in [0.3, 0.4) is 0 Å². The zero-order valence-electron chi connectivity index (χ0n) is 18.6. The van der Waals surface area contributed by atoms with Gasteiger partial charge in [-0.05, 0) is 54.7 Å². The minimum absolute atomic E-state index is 0.104. The Bertz CT molecular complexity index is 1170. The number of ether oxygens (including phenoxy) is 2. The van der Waals surface area contributed by atoms with E-state index in [9.17, 15) is 19.2 Å². The Kier molecular flexibility index (Phi) is 6.19. The zero-order chi connectivity index (χ0) is 24.9. The molecule has 182 valence electrons. The first-order chi connectivity index (χ1) is 16.8. The van der Waals surface area contributed by atoms with Crippen molar-refractivity contribution in [2.24, 2.45) is 23.7 Å². The summed E-state index contributed by atoms with van der Waals surface area (Å²) in [5.74, 6) is -2.28. The van der Waals surface area contributed by atoms with Gasteiger partial charge in [-0.15, -0.1) is 23.2 Å². The van der Waals surface area contributed by atoms with Crippen LogP contribution in [0, 0.1) is 23.7 Å². The van der Waals surface area contributed by atoms with Crippen LogP contribution in [-0.4, -0.2) is 48.2 Å². The number of benzene rings is 2. The Morgan fingerprint density at radius 1 is 1.00 bits per heavy atom. The van der Waals surface area contributed by atoms with Gasteiger partial charge in [0.05, 0.1) is 41.0 Å². The topological polar surface area (TPSA) is 102 Å². The number of carbonyl (C=O) groups is 4. The number of anilines is 2. The molecule has 5 rings (SSSR count). The van der Waals surface area contributed by atoms with Gasteiger partial charge in [0.2, 0.25) is 11.8 Å². The Balaban J connectivity index is 1.21. The first-order valence-corrected chi connectivity index (χ1v) is 12.0. The van der Waals surface area contributed by atoms with E-state index in [0.717, 1.165) is 0 Å². The lowest BCUT2D eigenvalue weighted by molar-refractivity contribution is -0.123. The first-order valence-electron chi connectivity index (χ1n) is 11.2. The summed E-state index contributed by atoms with van der Waals surface area (Å²) in [6.45, 7) is -0.480. The minimum atomic E-state index is -0.707. The van der Waals surface area contributed by atoms with Gasteiger partial charge in [-0.3, -0.25) is 19.3 Å². The van der Waals surface area contributed by atoms with Crippen molar-refractivity contribution in [3.05, 3.63) is 54.1 Å². The first kappa shape index (κ1) is 23.6. The lowest BCUT2D eigenvalue weighted by Crippen LogP contribution is -2.37. The van der Waals surface area contributed by atoms with E-state index >= 15 is 0 Å². The highest BCUT2D eigenvalue weighted by atomic mass is 35.5. The molecule has 3 fully saturated rings. The summed E-state index contributed by atoms with van der Waals surface area (Å²) in [6, 6.07) is 12.7. The molecule has 0 spiro atoms. The lowest BCUT2D eigenvalue weighted by Gasteiger charge is -2.28. The maximum atomic E-state index is 13.1. The largest absolute Gasteiger partial charge is 0.497 e. The predicted octanol–water partition coefficient (Wildman–Crippen LogP) is 3.46. The molecule has 2 aromatic carbocycles. The third-order valence-corrected chi connectivity index (χ3v) is 8.36. The van der Waals surface area contributed by atoms with Crippen LogP contribution in [0.15, 0.2) is 48.5 Å². The van der Waals surface area contributed by atoms with Gasteiger partial charge in [-0.25, -0.2) is 4.79 Å². The normalized spacial score (nSPS) is 28.7. The fourth-order valence-electron chi connectivity index (χ4n) is 5.46. The van der Waals surface area contributed by atoms with E-state index in [-0.39, 0.29) is 40.0 Å². The molecule has 3 aliphatic rings. The van der Waals surface area contributed by atoms with E-state index in [1.54, 1.807) is 24.3 Å². The van der Waals surface area contributed by atoms with Crippen LogP contribution >= 0.6 is 23.2 Å². The maximum Gasteiger partial charge on any atom is 0.338 e. The minimum Gasteiger partial charge on any atom is -0.497 e. The van der Waals surface area contributed by atoms with Crippen molar-refractivity contribution in [1.29, 1.82) is 0 Å². The molecule has 2 saturated carbocycles. The molecule has 10 heteroatoms. The van der Waals surface area contributed by atoms with Crippen molar-refractivity contribution in [2.75, 3.05) is 23.9 Å². The number of methoxy groups -OCH3 is 1. The summed E-state index contributed by atoms with van der Waals surface area (Å²) in [5.41, 5.74) is 1.07. The molecular formula is C25H22Cl2N2O6. The molecule has 0 unspecified atom stereocenters. The molecule has 1 saturated heterocycles. The summed E-state index contributed by atoms with van der Waals surface area (Å²) < 4.78 is 10.2. The Labute approximate surface area is 211 Å². The number of esters is 1. The average Bonchev–Trinajstić information content (AvgIpc) is 3.47. The van der Waals surface area contributed by atoms with Crippen molar-refractivity contribution >= 4 is 58.3 Å². The molecule has 2 aliphatic carbocycles. The number of nitrogens with one attached hydrogen (secondary N) is 1. The molecule has 6 atom stereocenters. The number of carbonyl (C=O) groups excluding carboxylic acids is 4. The Hall–Kier alpha value is -3.10. The van der Waals surface area contributed by atoms with Crippen LogP contribution in [0.1, 0.15) is 16.8 Å². The smallest absolute Gasteiger partial charge is 0.338 e. The summed E-state index contributed by atoms with van der Waals surface area (Å²) in [5, 5.41) is 1.98. The third-order valence-electron chi connectivity index (χ3n) is 7.04. The zero-order valence-corrected chi connectivity index (χ0v) is 20.2. The van der Waals surface area contributed by atoms with Crippen LogP contribution in [-0.2, 0) is 19.1 Å². The van der Waals surface area contributed by atoms with Crippen LogP contribution in [0.5, 0.6) is 5.75 Å². The van der Waals surface area contributed by atoms with Gasteiger partial charge in [0.1, 0.15) is 5.75 Å². The van der Waals surface area contributed by atoms with E-state index in [1.165, 1.54) is 36.3 Å². The van der Waals surface area contributed by atoms with Crippen LogP contribution in [0.25, 0.3) is 0 Å². The van der Waals surface area contributed by atoms with Gasteiger partial charge >= 0.3 is 5.97 Å². The number of nitrogens with zero attached hydrogens (tertiary/aromatic N) is 1. The molecule has 2 bridgehead atoms. The highest BCUT2D eigenvalue weighted by Crippen LogP contribution is 2.59. The number of hydrogen-bond acceptors (Lipinski definition) is 6. The van der Waals surface area contributed by atoms with E-state index in [2.05, 4.69) is 5.32 Å². The monoisotopic (exact) mass is 516 g/mol. The molecule has 8 nitrogen and oxygen atoms in total. The Morgan fingerprint density at radius 2 is 1.63 bits per heavy atom. The van der Waals surface area contributed by atoms with Crippen LogP contribution < -0.4 is 15.0 Å². The standard InChI is InChI=1S/C25H22Cl2N2O6/c1-34-15-4-2-3-13(9-15)28-18(30)11-35-25(33)12-5-7-14(8-6-12)29-23(31)19-16-10-17(20(19)24(29)32)22(27)21(16)26/h2-9,16-17,19-22H,10-11H2,1H3,(H,28,30)/t16-,17-,19-,20+,21+,22+/m1/s1. The highest BCUT2D eigenvalue weighted by Gasteiger charge is 2.66. The summed E-state index contributed by atoms with van der Waals surface area (Å²) in [7, 11) is 1.52. The van der Waals surface area contributed by atoms with Gasteiger partial charge < -0.3 is 14.8 Å². The summed E-state index contributed by atoms with van der Waals surface area (Å²) in [4.78, 5) is 51.9. The predicted molar refractivity (Wildman–Crippen MR) is 129 cm³/mol. The highest BCUT2D eigenvalue weighted by molar-refractivity contribution is 6.32.